The van der Waals surface area contributed by atoms with Crippen molar-refractivity contribution in [3.05, 3.63) is 0 Å². The minimum Gasteiger partial charge on any atom is -0.367 e. The van der Waals surface area contributed by atoms with E-state index in [4.69, 9.17) is 4.74 Å². The van der Waals surface area contributed by atoms with Crippen LogP contribution in [-0.4, -0.2) is 37.7 Å². The molecule has 2 aliphatic rings. The zero-order chi connectivity index (χ0) is 11.2. The summed E-state index contributed by atoms with van der Waals surface area (Å²) in [5.74, 6) is 0.0544. The molecule has 1 saturated carbocycles. The van der Waals surface area contributed by atoms with Gasteiger partial charge in [0, 0.05) is 12.6 Å². The summed E-state index contributed by atoms with van der Waals surface area (Å²) < 4.78 is 5.53. The highest BCUT2D eigenvalue weighted by Crippen LogP contribution is 2.17. The molecule has 0 spiro atoms. The molecule has 1 saturated heterocycles. The van der Waals surface area contributed by atoms with Crippen molar-refractivity contribution in [2.75, 3.05) is 19.7 Å². The Morgan fingerprint density at radius 3 is 2.75 bits per heavy atom. The molecular weight excluding hydrogens is 204 g/mol. The molecule has 0 aromatic rings. The highest BCUT2D eigenvalue weighted by atomic mass is 16.5. The number of amides is 1. The van der Waals surface area contributed by atoms with Crippen LogP contribution >= 0.6 is 0 Å². The molecule has 1 heterocycles. The van der Waals surface area contributed by atoms with Crippen LogP contribution in [0, 0.1) is 0 Å². The number of rotatable bonds is 4. The first-order valence-electron chi connectivity index (χ1n) is 6.46. The SMILES string of the molecule is O=C(COC1CCNC1)NC1CCCCC1. The standard InChI is InChI=1S/C12H22N2O2/c15-12(9-16-11-6-7-13-8-11)14-10-4-2-1-3-5-10/h10-11,13H,1-9H2,(H,14,15). The molecule has 0 radical (unpaired) electrons. The van der Waals surface area contributed by atoms with Gasteiger partial charge in [0.25, 0.3) is 0 Å². The zero-order valence-corrected chi connectivity index (χ0v) is 9.84. The molecule has 1 aliphatic heterocycles. The normalized spacial score (nSPS) is 26.9. The number of hydrogen-bond donors (Lipinski definition) is 2. The maximum absolute atomic E-state index is 11.6. The van der Waals surface area contributed by atoms with Gasteiger partial charge in [-0.1, -0.05) is 19.3 Å². The van der Waals surface area contributed by atoms with E-state index in [0.29, 0.717) is 6.04 Å². The zero-order valence-electron chi connectivity index (χ0n) is 9.84. The van der Waals surface area contributed by atoms with E-state index in [9.17, 15) is 4.79 Å². The lowest BCUT2D eigenvalue weighted by molar-refractivity contribution is -0.128. The summed E-state index contributed by atoms with van der Waals surface area (Å²) in [7, 11) is 0. The Hall–Kier alpha value is -0.610. The molecule has 1 amide bonds. The predicted octanol–water partition coefficient (Wildman–Crippen LogP) is 0.814. The Kier molecular flexibility index (Phi) is 4.60. The van der Waals surface area contributed by atoms with Crippen molar-refractivity contribution in [1.29, 1.82) is 0 Å². The average Bonchev–Trinajstić information content (AvgIpc) is 2.81. The van der Waals surface area contributed by atoms with Gasteiger partial charge in [-0.3, -0.25) is 4.79 Å². The van der Waals surface area contributed by atoms with Crippen molar-refractivity contribution in [1.82, 2.24) is 10.6 Å². The summed E-state index contributed by atoms with van der Waals surface area (Å²) in [6.07, 6.45) is 7.34. The van der Waals surface area contributed by atoms with Gasteiger partial charge in [-0.2, -0.15) is 0 Å². The Morgan fingerprint density at radius 1 is 1.25 bits per heavy atom. The van der Waals surface area contributed by atoms with Crippen LogP contribution in [0.25, 0.3) is 0 Å². The summed E-state index contributed by atoms with van der Waals surface area (Å²) >= 11 is 0. The molecule has 92 valence electrons. The molecule has 2 fully saturated rings. The third-order valence-electron chi connectivity index (χ3n) is 3.44. The minimum absolute atomic E-state index is 0.0544. The quantitative estimate of drug-likeness (QED) is 0.746. The molecule has 0 bridgehead atoms. The largest absolute Gasteiger partial charge is 0.367 e. The summed E-state index contributed by atoms with van der Waals surface area (Å²) in [4.78, 5) is 11.6. The second-order valence-electron chi connectivity index (χ2n) is 4.83. The third kappa shape index (κ3) is 3.76. The highest BCUT2D eigenvalue weighted by Gasteiger charge is 2.18. The van der Waals surface area contributed by atoms with Crippen molar-refractivity contribution >= 4 is 5.91 Å². The fraction of sp³-hybridized carbons (Fsp3) is 0.917. The van der Waals surface area contributed by atoms with E-state index in [2.05, 4.69) is 10.6 Å². The highest BCUT2D eigenvalue weighted by molar-refractivity contribution is 5.77. The summed E-state index contributed by atoms with van der Waals surface area (Å²) in [6, 6.07) is 0.395. The van der Waals surface area contributed by atoms with Crippen molar-refractivity contribution in [3.63, 3.8) is 0 Å². The Labute approximate surface area is 97.1 Å². The van der Waals surface area contributed by atoms with Gasteiger partial charge >= 0.3 is 0 Å². The van der Waals surface area contributed by atoms with E-state index in [1.54, 1.807) is 0 Å². The fourth-order valence-electron chi connectivity index (χ4n) is 2.48. The van der Waals surface area contributed by atoms with Gasteiger partial charge < -0.3 is 15.4 Å². The number of carbonyl (C=O) groups is 1. The molecular formula is C12H22N2O2. The van der Waals surface area contributed by atoms with Crippen LogP contribution in [0.4, 0.5) is 0 Å². The van der Waals surface area contributed by atoms with Crippen molar-refractivity contribution in [3.8, 4) is 0 Å². The molecule has 2 rings (SSSR count). The number of ether oxygens (including phenoxy) is 1. The van der Waals surface area contributed by atoms with Crippen LogP contribution in [-0.2, 0) is 9.53 Å². The lowest BCUT2D eigenvalue weighted by Gasteiger charge is -2.23. The van der Waals surface area contributed by atoms with Crippen molar-refractivity contribution in [2.45, 2.75) is 50.7 Å². The smallest absolute Gasteiger partial charge is 0.246 e. The molecule has 4 nitrogen and oxygen atoms in total. The van der Waals surface area contributed by atoms with Crippen LogP contribution in [0.1, 0.15) is 38.5 Å². The molecule has 4 heteroatoms. The minimum atomic E-state index is 0.0544. The van der Waals surface area contributed by atoms with Crippen molar-refractivity contribution in [2.24, 2.45) is 0 Å². The number of hydrogen-bond acceptors (Lipinski definition) is 3. The molecule has 0 aromatic heterocycles. The van der Waals surface area contributed by atoms with E-state index >= 15 is 0 Å². The molecule has 16 heavy (non-hydrogen) atoms. The van der Waals surface area contributed by atoms with Crippen molar-refractivity contribution < 1.29 is 9.53 Å². The number of nitrogens with one attached hydrogen (secondary N) is 2. The van der Waals surface area contributed by atoms with E-state index in [-0.39, 0.29) is 18.6 Å². The van der Waals surface area contributed by atoms with Gasteiger partial charge in [-0.15, -0.1) is 0 Å². The molecule has 1 aliphatic carbocycles. The first kappa shape index (κ1) is 11.9. The first-order chi connectivity index (χ1) is 7.84. The maximum Gasteiger partial charge on any atom is 0.246 e. The van der Waals surface area contributed by atoms with Crippen LogP contribution in [0.3, 0.4) is 0 Å². The van der Waals surface area contributed by atoms with Crippen LogP contribution < -0.4 is 10.6 Å². The van der Waals surface area contributed by atoms with Gasteiger partial charge in [0.15, 0.2) is 0 Å². The van der Waals surface area contributed by atoms with E-state index in [1.807, 2.05) is 0 Å². The molecule has 2 N–H and O–H groups in total. The topological polar surface area (TPSA) is 50.4 Å². The first-order valence-corrected chi connectivity index (χ1v) is 6.46. The van der Waals surface area contributed by atoms with Gasteiger partial charge in [0.1, 0.15) is 6.61 Å². The monoisotopic (exact) mass is 226 g/mol. The number of carbonyl (C=O) groups excluding carboxylic acids is 1. The lowest BCUT2D eigenvalue weighted by Crippen LogP contribution is -2.39. The van der Waals surface area contributed by atoms with Crippen LogP contribution in [0.15, 0.2) is 0 Å². The Bertz CT molecular complexity index is 221. The molecule has 1 atom stereocenters. The van der Waals surface area contributed by atoms with Crippen LogP contribution in [0.5, 0.6) is 0 Å². The second kappa shape index (κ2) is 6.21. The second-order valence-corrected chi connectivity index (χ2v) is 4.83. The van der Waals surface area contributed by atoms with Gasteiger partial charge in [-0.05, 0) is 25.8 Å². The fourth-order valence-corrected chi connectivity index (χ4v) is 2.48. The molecule has 1 unspecified atom stereocenters. The predicted molar refractivity (Wildman–Crippen MR) is 62.2 cm³/mol. The summed E-state index contributed by atoms with van der Waals surface area (Å²) in [6.45, 7) is 2.12. The Balaban J connectivity index is 1.59. The van der Waals surface area contributed by atoms with Gasteiger partial charge in [-0.25, -0.2) is 0 Å². The van der Waals surface area contributed by atoms with Gasteiger partial charge in [0.2, 0.25) is 5.91 Å². The Morgan fingerprint density at radius 2 is 2.06 bits per heavy atom. The lowest BCUT2D eigenvalue weighted by atomic mass is 9.95. The third-order valence-corrected chi connectivity index (χ3v) is 3.44. The van der Waals surface area contributed by atoms with E-state index in [1.165, 1.54) is 19.3 Å². The van der Waals surface area contributed by atoms with E-state index in [0.717, 1.165) is 32.4 Å². The van der Waals surface area contributed by atoms with Gasteiger partial charge in [0.05, 0.1) is 6.10 Å². The average molecular weight is 226 g/mol. The maximum atomic E-state index is 11.6. The summed E-state index contributed by atoms with van der Waals surface area (Å²) in [5.41, 5.74) is 0. The molecule has 0 aromatic carbocycles. The summed E-state index contributed by atoms with van der Waals surface area (Å²) in [5, 5.41) is 6.28. The van der Waals surface area contributed by atoms with E-state index < -0.39 is 0 Å². The van der Waals surface area contributed by atoms with Crippen LogP contribution in [0.2, 0.25) is 0 Å².